The van der Waals surface area contributed by atoms with Crippen molar-refractivity contribution in [2.75, 3.05) is 11.3 Å². The van der Waals surface area contributed by atoms with Crippen molar-refractivity contribution in [2.45, 2.75) is 30.8 Å². The zero-order chi connectivity index (χ0) is 20.1. The van der Waals surface area contributed by atoms with Crippen molar-refractivity contribution in [1.29, 1.82) is 0 Å². The summed E-state index contributed by atoms with van der Waals surface area (Å²) in [6.07, 6.45) is -2.64. The topological polar surface area (TPSA) is 75.3 Å². The van der Waals surface area contributed by atoms with Crippen LogP contribution in [0.25, 0.3) is 0 Å². The molecule has 2 aromatic carbocycles. The Balaban J connectivity index is 2.07. The van der Waals surface area contributed by atoms with Crippen LogP contribution >= 0.6 is 0 Å². The summed E-state index contributed by atoms with van der Waals surface area (Å²) in [5, 5.41) is 1.72. The van der Waals surface area contributed by atoms with Gasteiger partial charge in [-0.25, -0.2) is 8.42 Å². The molecular weight excluding hydrogens is 381 g/mol. The monoisotopic (exact) mass is 400 g/mol. The molecule has 0 aliphatic heterocycles. The van der Waals surface area contributed by atoms with E-state index in [1.54, 1.807) is 17.4 Å². The quantitative estimate of drug-likeness (QED) is 0.744. The normalized spacial score (nSPS) is 11.9. The van der Waals surface area contributed by atoms with Gasteiger partial charge in [-0.05, 0) is 48.4 Å². The number of nitrogens with one attached hydrogen (secondary N) is 2. The number of hydrogen-bond acceptors (Lipinski definition) is 3. The first-order chi connectivity index (χ1) is 12.6. The van der Waals surface area contributed by atoms with Crippen molar-refractivity contribution < 1.29 is 26.4 Å². The van der Waals surface area contributed by atoms with Crippen LogP contribution in [0, 0.1) is 0 Å². The number of aryl methyl sites for hydroxylation is 1. The lowest BCUT2D eigenvalue weighted by Gasteiger charge is -2.10. The highest BCUT2D eigenvalue weighted by Crippen LogP contribution is 2.18. The molecule has 1 amide bonds. The Morgan fingerprint density at radius 1 is 1.00 bits per heavy atom. The molecule has 0 saturated carbocycles. The van der Waals surface area contributed by atoms with E-state index in [0.29, 0.717) is 5.69 Å². The summed E-state index contributed by atoms with van der Waals surface area (Å²) in [6, 6.07) is 11.6. The van der Waals surface area contributed by atoms with Crippen molar-refractivity contribution in [3.63, 3.8) is 0 Å². The van der Waals surface area contributed by atoms with Crippen molar-refractivity contribution in [3.8, 4) is 0 Å². The van der Waals surface area contributed by atoms with Gasteiger partial charge >= 0.3 is 6.18 Å². The third-order valence-corrected chi connectivity index (χ3v) is 5.02. The van der Waals surface area contributed by atoms with Gasteiger partial charge in [-0.1, -0.05) is 25.5 Å². The van der Waals surface area contributed by atoms with Crippen LogP contribution in [-0.4, -0.2) is 27.0 Å². The summed E-state index contributed by atoms with van der Waals surface area (Å²) in [4.78, 5) is 11.5. The number of rotatable bonds is 7. The smallest absolute Gasteiger partial charge is 0.343 e. The Labute approximate surface area is 155 Å². The Hall–Kier alpha value is -2.55. The second-order valence-electron chi connectivity index (χ2n) is 5.87. The first-order valence-electron chi connectivity index (χ1n) is 8.17. The molecule has 2 N–H and O–H groups in total. The molecule has 0 bridgehead atoms. The fourth-order valence-corrected chi connectivity index (χ4v) is 3.37. The number of hydrogen-bond donors (Lipinski definition) is 2. The molecule has 0 saturated heterocycles. The Bertz CT molecular complexity index is 878. The molecule has 2 rings (SSSR count). The molecule has 0 aliphatic rings. The lowest BCUT2D eigenvalue weighted by molar-refractivity contribution is -0.123. The number of anilines is 1. The molecule has 0 fully saturated rings. The molecule has 0 aliphatic carbocycles. The van der Waals surface area contributed by atoms with Crippen molar-refractivity contribution >= 4 is 21.6 Å². The maximum absolute atomic E-state index is 12.4. The minimum Gasteiger partial charge on any atom is -0.343 e. The molecule has 2 aromatic rings. The maximum atomic E-state index is 12.4. The molecule has 5 nitrogen and oxygen atoms in total. The lowest BCUT2D eigenvalue weighted by atomic mass is 10.1. The Morgan fingerprint density at radius 2 is 1.59 bits per heavy atom. The number of carbonyl (C=O) groups is 1. The fraction of sp³-hybridized carbons (Fsp3) is 0.278. The van der Waals surface area contributed by atoms with Crippen LogP contribution in [0.4, 0.5) is 18.9 Å². The second kappa shape index (κ2) is 8.43. The number of halogens is 3. The number of amides is 1. The van der Waals surface area contributed by atoms with E-state index in [1.807, 2.05) is 19.1 Å². The zero-order valence-corrected chi connectivity index (χ0v) is 15.3. The zero-order valence-electron chi connectivity index (χ0n) is 14.5. The van der Waals surface area contributed by atoms with Gasteiger partial charge in [0.15, 0.2) is 0 Å². The van der Waals surface area contributed by atoms with E-state index < -0.39 is 28.7 Å². The van der Waals surface area contributed by atoms with E-state index in [4.69, 9.17) is 0 Å². The third-order valence-electron chi connectivity index (χ3n) is 3.62. The van der Waals surface area contributed by atoms with Gasteiger partial charge in [0.2, 0.25) is 0 Å². The van der Waals surface area contributed by atoms with E-state index >= 15 is 0 Å². The van der Waals surface area contributed by atoms with Gasteiger partial charge in [0, 0.05) is 11.3 Å². The Morgan fingerprint density at radius 3 is 2.11 bits per heavy atom. The van der Waals surface area contributed by atoms with E-state index in [2.05, 4.69) is 4.72 Å². The van der Waals surface area contributed by atoms with E-state index in [9.17, 15) is 26.4 Å². The van der Waals surface area contributed by atoms with Crippen molar-refractivity contribution in [2.24, 2.45) is 0 Å². The van der Waals surface area contributed by atoms with Gasteiger partial charge in [-0.2, -0.15) is 13.2 Å². The SMILES string of the molecule is CCCc1ccc(NS(=O)(=O)c2ccc(C(=O)NCC(F)(F)F)cc2)cc1. The molecule has 0 unspecified atom stereocenters. The van der Waals surface area contributed by atoms with Crippen LogP contribution < -0.4 is 10.0 Å². The van der Waals surface area contributed by atoms with Gasteiger partial charge in [-0.3, -0.25) is 9.52 Å². The first-order valence-corrected chi connectivity index (χ1v) is 9.66. The van der Waals surface area contributed by atoms with E-state index in [0.717, 1.165) is 42.7 Å². The van der Waals surface area contributed by atoms with Crippen LogP contribution in [0.3, 0.4) is 0 Å². The fourth-order valence-electron chi connectivity index (χ4n) is 2.31. The molecule has 0 aromatic heterocycles. The molecule has 0 heterocycles. The second-order valence-corrected chi connectivity index (χ2v) is 7.56. The number of carbonyl (C=O) groups excluding carboxylic acids is 1. The molecule has 0 radical (unpaired) electrons. The van der Waals surface area contributed by atoms with Crippen molar-refractivity contribution in [1.82, 2.24) is 5.32 Å². The predicted molar refractivity (Wildman–Crippen MR) is 96.1 cm³/mol. The van der Waals surface area contributed by atoms with Crippen LogP contribution in [0.1, 0.15) is 29.3 Å². The van der Waals surface area contributed by atoms with Gasteiger partial charge < -0.3 is 5.32 Å². The van der Waals surface area contributed by atoms with Crippen LogP contribution in [0.15, 0.2) is 53.4 Å². The predicted octanol–water partition coefficient (Wildman–Crippen LogP) is 3.73. The van der Waals surface area contributed by atoms with E-state index in [1.165, 1.54) is 0 Å². The number of alkyl halides is 3. The number of sulfonamides is 1. The van der Waals surface area contributed by atoms with Crippen LogP contribution in [0.5, 0.6) is 0 Å². The van der Waals surface area contributed by atoms with Gasteiger partial charge in [0.05, 0.1) is 4.90 Å². The summed E-state index contributed by atoms with van der Waals surface area (Å²) >= 11 is 0. The summed E-state index contributed by atoms with van der Waals surface area (Å²) in [5.41, 5.74) is 1.42. The molecule has 27 heavy (non-hydrogen) atoms. The first kappa shape index (κ1) is 20.8. The van der Waals surface area contributed by atoms with Crippen LogP contribution in [0.2, 0.25) is 0 Å². The molecule has 9 heteroatoms. The minimum absolute atomic E-state index is 0.0675. The summed E-state index contributed by atoms with van der Waals surface area (Å²) in [6.45, 7) is 0.588. The highest BCUT2D eigenvalue weighted by Gasteiger charge is 2.28. The highest BCUT2D eigenvalue weighted by atomic mass is 32.2. The minimum atomic E-state index is -4.52. The average Bonchev–Trinajstić information content (AvgIpc) is 2.61. The van der Waals surface area contributed by atoms with E-state index in [-0.39, 0.29) is 10.5 Å². The summed E-state index contributed by atoms with van der Waals surface area (Å²) in [7, 11) is -3.88. The molecular formula is C18H19F3N2O3S. The lowest BCUT2D eigenvalue weighted by Crippen LogP contribution is -2.33. The van der Waals surface area contributed by atoms with Gasteiger partial charge in [-0.15, -0.1) is 0 Å². The van der Waals surface area contributed by atoms with Gasteiger partial charge in [0.1, 0.15) is 6.54 Å². The third kappa shape index (κ3) is 6.28. The van der Waals surface area contributed by atoms with Gasteiger partial charge in [0.25, 0.3) is 15.9 Å². The maximum Gasteiger partial charge on any atom is 0.405 e. The molecule has 0 atom stereocenters. The summed E-state index contributed by atoms with van der Waals surface area (Å²) in [5.74, 6) is -0.934. The highest BCUT2D eigenvalue weighted by molar-refractivity contribution is 7.92. The van der Waals surface area contributed by atoms with Crippen LogP contribution in [-0.2, 0) is 16.4 Å². The molecule has 0 spiro atoms. The standard InChI is InChI=1S/C18H19F3N2O3S/c1-2-3-13-4-8-15(9-5-13)23-27(25,26)16-10-6-14(7-11-16)17(24)22-12-18(19,20)21/h4-11,23H,2-3,12H2,1H3,(H,22,24). The molecule has 146 valence electrons. The number of benzene rings is 2. The average molecular weight is 400 g/mol. The Kier molecular flexibility index (Phi) is 6.48. The van der Waals surface area contributed by atoms with Crippen molar-refractivity contribution in [3.05, 3.63) is 59.7 Å². The summed E-state index contributed by atoms with van der Waals surface area (Å²) < 4.78 is 63.6. The largest absolute Gasteiger partial charge is 0.405 e.